The van der Waals surface area contributed by atoms with Gasteiger partial charge in [0.05, 0.1) is 18.0 Å². The average molecular weight is 416 g/mol. The van der Waals surface area contributed by atoms with Crippen LogP contribution < -0.4 is 15.1 Å². The van der Waals surface area contributed by atoms with Crippen LogP contribution in [0.25, 0.3) is 10.9 Å². The molecule has 6 nitrogen and oxygen atoms in total. The van der Waals surface area contributed by atoms with Gasteiger partial charge in [0.1, 0.15) is 11.3 Å². The molecule has 2 unspecified atom stereocenters. The fourth-order valence-electron chi connectivity index (χ4n) is 4.78. The Morgan fingerprint density at radius 3 is 2.67 bits per heavy atom. The van der Waals surface area contributed by atoms with E-state index >= 15 is 4.39 Å². The number of carboxylic acid groups (broad SMARTS) is 1. The molecule has 7 heteroatoms. The van der Waals surface area contributed by atoms with E-state index in [9.17, 15) is 14.7 Å². The highest BCUT2D eigenvalue weighted by atomic mass is 19.1. The highest BCUT2D eigenvalue weighted by molar-refractivity contribution is 5.97. The van der Waals surface area contributed by atoms with Crippen molar-refractivity contribution in [2.45, 2.75) is 52.0 Å². The Bertz CT molecular complexity index is 1040. The number of nitrogens with zero attached hydrogens (tertiary/aromatic N) is 2. The second kappa shape index (κ2) is 7.93. The normalized spacial score (nSPS) is 21.4. The van der Waals surface area contributed by atoms with Crippen molar-refractivity contribution in [1.29, 1.82) is 0 Å². The maximum atomic E-state index is 15.4. The van der Waals surface area contributed by atoms with Crippen LogP contribution in [0.3, 0.4) is 0 Å². The lowest BCUT2D eigenvalue weighted by Gasteiger charge is -2.25. The zero-order valence-corrected chi connectivity index (χ0v) is 17.8. The molecule has 2 heterocycles. The number of anilines is 1. The molecule has 0 bridgehead atoms. The maximum absolute atomic E-state index is 15.4. The van der Waals surface area contributed by atoms with Crippen molar-refractivity contribution in [2.75, 3.05) is 25.1 Å². The molecule has 0 radical (unpaired) electrons. The Morgan fingerprint density at radius 2 is 2.07 bits per heavy atom. The summed E-state index contributed by atoms with van der Waals surface area (Å²) in [6.45, 7) is 5.85. The van der Waals surface area contributed by atoms with Gasteiger partial charge in [0.2, 0.25) is 5.43 Å². The van der Waals surface area contributed by atoms with Gasteiger partial charge in [-0.05, 0) is 37.2 Å². The van der Waals surface area contributed by atoms with E-state index in [1.807, 2.05) is 4.90 Å². The minimum Gasteiger partial charge on any atom is -0.492 e. The van der Waals surface area contributed by atoms with E-state index in [4.69, 9.17) is 4.74 Å². The molecule has 1 aromatic heterocycles. The van der Waals surface area contributed by atoms with Gasteiger partial charge in [0.15, 0.2) is 11.6 Å². The van der Waals surface area contributed by atoms with Gasteiger partial charge in [0, 0.05) is 25.3 Å². The lowest BCUT2D eigenvalue weighted by Crippen LogP contribution is -2.24. The smallest absolute Gasteiger partial charge is 0.341 e. The number of methoxy groups -OCH3 is 1. The van der Waals surface area contributed by atoms with E-state index in [2.05, 4.69) is 13.8 Å². The molecule has 1 aliphatic carbocycles. The Morgan fingerprint density at radius 1 is 1.33 bits per heavy atom. The summed E-state index contributed by atoms with van der Waals surface area (Å²) in [5.74, 6) is -0.577. The third kappa shape index (κ3) is 3.44. The lowest BCUT2D eigenvalue weighted by molar-refractivity contribution is 0.0695. The fraction of sp³-hybridized carbons (Fsp3) is 0.565. The molecule has 1 saturated heterocycles. The Labute approximate surface area is 175 Å². The first kappa shape index (κ1) is 20.7. The molecule has 4 rings (SSSR count). The van der Waals surface area contributed by atoms with Gasteiger partial charge in [-0.1, -0.05) is 26.7 Å². The van der Waals surface area contributed by atoms with Gasteiger partial charge in [-0.2, -0.15) is 0 Å². The van der Waals surface area contributed by atoms with Gasteiger partial charge in [-0.15, -0.1) is 0 Å². The van der Waals surface area contributed by atoms with E-state index in [1.165, 1.54) is 19.4 Å². The molecule has 1 N–H and O–H groups in total. The zero-order chi connectivity index (χ0) is 21.6. The molecule has 0 amide bonds. The molecule has 30 heavy (non-hydrogen) atoms. The van der Waals surface area contributed by atoms with E-state index in [0.29, 0.717) is 28.8 Å². The maximum Gasteiger partial charge on any atom is 0.341 e. The number of ether oxygens (including phenoxy) is 1. The summed E-state index contributed by atoms with van der Waals surface area (Å²) < 4.78 is 22.9. The third-order valence-corrected chi connectivity index (χ3v) is 6.59. The second-order valence-electron chi connectivity index (χ2n) is 8.74. The molecule has 1 aromatic carbocycles. The Kier molecular flexibility index (Phi) is 5.47. The number of hydrogen-bond donors (Lipinski definition) is 1. The molecule has 2 aromatic rings. The van der Waals surface area contributed by atoms with Crippen LogP contribution in [0.2, 0.25) is 0 Å². The molecule has 2 atom stereocenters. The first-order valence-electron chi connectivity index (χ1n) is 10.8. The minimum atomic E-state index is -1.30. The number of aromatic nitrogens is 1. The average Bonchev–Trinajstić information content (AvgIpc) is 3.48. The zero-order valence-electron chi connectivity index (χ0n) is 17.8. The summed E-state index contributed by atoms with van der Waals surface area (Å²) >= 11 is 0. The van der Waals surface area contributed by atoms with Crippen LogP contribution in [-0.4, -0.2) is 35.8 Å². The molecular formula is C23H29FN2O4. The van der Waals surface area contributed by atoms with Gasteiger partial charge in [-0.3, -0.25) is 4.79 Å². The van der Waals surface area contributed by atoms with Crippen LogP contribution in [-0.2, 0) is 0 Å². The minimum absolute atomic E-state index is 0.0645. The van der Waals surface area contributed by atoms with Crippen LogP contribution in [0, 0.1) is 17.7 Å². The van der Waals surface area contributed by atoms with Gasteiger partial charge >= 0.3 is 5.97 Å². The summed E-state index contributed by atoms with van der Waals surface area (Å²) in [6.07, 6.45) is 6.58. The second-order valence-corrected chi connectivity index (χ2v) is 8.74. The van der Waals surface area contributed by atoms with E-state index in [1.54, 1.807) is 4.57 Å². The van der Waals surface area contributed by atoms with E-state index in [0.717, 1.165) is 45.2 Å². The molecule has 0 spiro atoms. The number of benzene rings is 1. The quantitative estimate of drug-likeness (QED) is 0.722. The van der Waals surface area contributed by atoms with Crippen LogP contribution in [0.15, 0.2) is 17.1 Å². The van der Waals surface area contributed by atoms with Crippen molar-refractivity contribution < 1.29 is 19.0 Å². The molecule has 1 aliphatic heterocycles. The molecular weight excluding hydrogens is 387 g/mol. The highest BCUT2D eigenvalue weighted by Gasteiger charge is 2.35. The molecule has 2 fully saturated rings. The number of fused-ring (bicyclic) bond motifs is 1. The van der Waals surface area contributed by atoms with Crippen molar-refractivity contribution in [3.63, 3.8) is 0 Å². The predicted octanol–water partition coefficient (Wildman–Crippen LogP) is 4.44. The number of carboxylic acids is 1. The van der Waals surface area contributed by atoms with Crippen LogP contribution in [0.4, 0.5) is 10.1 Å². The predicted molar refractivity (Wildman–Crippen MR) is 114 cm³/mol. The Balaban J connectivity index is 1.89. The number of pyridine rings is 1. The van der Waals surface area contributed by atoms with E-state index < -0.39 is 17.2 Å². The van der Waals surface area contributed by atoms with Crippen LogP contribution in [0.5, 0.6) is 5.75 Å². The summed E-state index contributed by atoms with van der Waals surface area (Å²) in [6, 6.07) is 1.30. The Hall–Kier alpha value is -2.57. The van der Waals surface area contributed by atoms with Crippen molar-refractivity contribution in [3.8, 4) is 5.75 Å². The number of carbonyl (C=O) groups is 1. The van der Waals surface area contributed by atoms with Crippen molar-refractivity contribution in [3.05, 3.63) is 33.9 Å². The monoisotopic (exact) mass is 416 g/mol. The fourth-order valence-corrected chi connectivity index (χ4v) is 4.78. The highest BCUT2D eigenvalue weighted by Crippen LogP contribution is 2.45. The standard InChI is InChI=1S/C23H29FN2O4/c1-4-5-6-14-11-25(10-13(14)2)20-18(24)9-16-19(22(20)30-3)26(15-7-8-15)12-17(21(16)27)23(28)29/h9,12-15H,4-8,10-11H2,1-3H3,(H,28,29). The number of halogens is 1. The van der Waals surface area contributed by atoms with Crippen molar-refractivity contribution >= 4 is 22.6 Å². The van der Waals surface area contributed by atoms with Gasteiger partial charge in [-0.25, -0.2) is 9.18 Å². The molecule has 1 saturated carbocycles. The number of hydrogen-bond acceptors (Lipinski definition) is 4. The SMILES string of the molecule is CCCCC1CN(c2c(F)cc3c(=O)c(C(=O)O)cn(C4CC4)c3c2OC)CC1C. The largest absolute Gasteiger partial charge is 0.492 e. The van der Waals surface area contributed by atoms with Crippen LogP contribution in [0.1, 0.15) is 62.4 Å². The number of unbranched alkanes of at least 4 members (excludes halogenated alkanes) is 1. The molecule has 162 valence electrons. The number of rotatable bonds is 7. The summed E-state index contributed by atoms with van der Waals surface area (Å²) in [5, 5.41) is 9.52. The summed E-state index contributed by atoms with van der Waals surface area (Å²) in [7, 11) is 1.48. The summed E-state index contributed by atoms with van der Waals surface area (Å²) in [5.41, 5.74) is -0.129. The first-order chi connectivity index (χ1) is 14.4. The van der Waals surface area contributed by atoms with Crippen molar-refractivity contribution in [2.24, 2.45) is 11.8 Å². The van der Waals surface area contributed by atoms with Crippen molar-refractivity contribution in [1.82, 2.24) is 4.57 Å². The third-order valence-electron chi connectivity index (χ3n) is 6.59. The molecule has 2 aliphatic rings. The lowest BCUT2D eigenvalue weighted by atomic mass is 9.93. The summed E-state index contributed by atoms with van der Waals surface area (Å²) in [4.78, 5) is 26.4. The van der Waals surface area contributed by atoms with Crippen LogP contribution >= 0.6 is 0 Å². The van der Waals surface area contributed by atoms with Gasteiger partial charge in [0.25, 0.3) is 0 Å². The number of aromatic carboxylic acids is 1. The van der Waals surface area contributed by atoms with Gasteiger partial charge < -0.3 is 19.3 Å². The first-order valence-corrected chi connectivity index (χ1v) is 10.8. The van der Waals surface area contributed by atoms with E-state index in [-0.39, 0.29) is 17.0 Å². The topological polar surface area (TPSA) is 71.8 Å².